The molecule has 0 aliphatic carbocycles. The van der Waals surface area contributed by atoms with Crippen LogP contribution in [-0.4, -0.2) is 4.98 Å². The molecule has 0 saturated carbocycles. The molecule has 4 rings (SSSR count). The fraction of sp³-hybridized carbons (Fsp3) is 0. The van der Waals surface area contributed by atoms with Crippen molar-refractivity contribution in [3.63, 3.8) is 0 Å². The van der Waals surface area contributed by atoms with Crippen LogP contribution in [0, 0.1) is 5.82 Å². The molecule has 0 aliphatic rings. The first kappa shape index (κ1) is 14.9. The number of benzene rings is 3. The summed E-state index contributed by atoms with van der Waals surface area (Å²) >= 11 is 6.18. The molecule has 0 aliphatic heterocycles. The van der Waals surface area contributed by atoms with Gasteiger partial charge in [-0.05, 0) is 59.7 Å². The van der Waals surface area contributed by atoms with Crippen LogP contribution in [-0.2, 0) is 0 Å². The lowest BCUT2D eigenvalue weighted by atomic mass is 9.98. The Morgan fingerprint density at radius 1 is 0.750 bits per heavy atom. The summed E-state index contributed by atoms with van der Waals surface area (Å²) in [4.78, 5) is 4.72. The van der Waals surface area contributed by atoms with Gasteiger partial charge in [0.05, 0.1) is 11.2 Å². The van der Waals surface area contributed by atoms with Crippen LogP contribution >= 0.6 is 11.6 Å². The number of hydrogen-bond acceptors (Lipinski definition) is 1. The third-order valence-electron chi connectivity index (χ3n) is 4.00. The molecule has 1 heterocycles. The van der Waals surface area contributed by atoms with Gasteiger partial charge in [-0.1, -0.05) is 41.9 Å². The summed E-state index contributed by atoms with van der Waals surface area (Å²) in [6.45, 7) is 0. The zero-order valence-corrected chi connectivity index (χ0v) is 13.5. The second-order valence-corrected chi connectivity index (χ2v) is 6.03. The summed E-state index contributed by atoms with van der Waals surface area (Å²) in [5, 5.41) is 1.68. The van der Waals surface area contributed by atoms with Gasteiger partial charge in [0.15, 0.2) is 0 Å². The van der Waals surface area contributed by atoms with Crippen molar-refractivity contribution in [2.45, 2.75) is 0 Å². The highest BCUT2D eigenvalue weighted by atomic mass is 35.5. The molecule has 1 nitrogen and oxygen atoms in total. The predicted octanol–water partition coefficient (Wildman–Crippen LogP) is 6.36. The van der Waals surface area contributed by atoms with E-state index in [1.165, 1.54) is 12.1 Å². The Balaban J connectivity index is 2.00. The highest BCUT2D eigenvalue weighted by Gasteiger charge is 2.10. The fourth-order valence-corrected chi connectivity index (χ4v) is 3.00. The van der Waals surface area contributed by atoms with Gasteiger partial charge in [0.2, 0.25) is 0 Å². The van der Waals surface area contributed by atoms with Crippen molar-refractivity contribution in [1.29, 1.82) is 0 Å². The monoisotopic (exact) mass is 333 g/mol. The molecule has 3 heteroatoms. The first-order chi connectivity index (χ1) is 11.7. The molecule has 116 valence electrons. The van der Waals surface area contributed by atoms with E-state index in [0.29, 0.717) is 5.02 Å². The first-order valence-corrected chi connectivity index (χ1v) is 8.00. The van der Waals surface area contributed by atoms with Crippen molar-refractivity contribution in [3.05, 3.63) is 89.7 Å². The van der Waals surface area contributed by atoms with E-state index in [0.717, 1.165) is 33.3 Å². The molecule has 0 radical (unpaired) electrons. The van der Waals surface area contributed by atoms with Gasteiger partial charge in [-0.2, -0.15) is 0 Å². The minimum Gasteiger partial charge on any atom is -0.248 e. The number of hydrogen-bond donors (Lipinski definition) is 0. The van der Waals surface area contributed by atoms with Crippen molar-refractivity contribution < 1.29 is 4.39 Å². The molecule has 0 bridgehead atoms. The van der Waals surface area contributed by atoms with Gasteiger partial charge >= 0.3 is 0 Å². The van der Waals surface area contributed by atoms with E-state index in [4.69, 9.17) is 16.6 Å². The van der Waals surface area contributed by atoms with E-state index >= 15 is 0 Å². The van der Waals surface area contributed by atoms with Crippen LogP contribution < -0.4 is 0 Å². The first-order valence-electron chi connectivity index (χ1n) is 7.62. The smallest absolute Gasteiger partial charge is 0.123 e. The predicted molar refractivity (Wildman–Crippen MR) is 97.6 cm³/mol. The van der Waals surface area contributed by atoms with E-state index < -0.39 is 0 Å². The van der Waals surface area contributed by atoms with Gasteiger partial charge in [0.25, 0.3) is 0 Å². The average Bonchev–Trinajstić information content (AvgIpc) is 2.62. The van der Waals surface area contributed by atoms with Gasteiger partial charge in [-0.25, -0.2) is 9.37 Å². The lowest BCUT2D eigenvalue weighted by molar-refractivity contribution is 0.628. The quantitative estimate of drug-likeness (QED) is 0.416. The van der Waals surface area contributed by atoms with Crippen LogP contribution in [0.5, 0.6) is 0 Å². The fourth-order valence-electron chi connectivity index (χ4n) is 2.82. The molecule has 4 aromatic rings. The van der Waals surface area contributed by atoms with Crippen molar-refractivity contribution in [2.75, 3.05) is 0 Å². The summed E-state index contributed by atoms with van der Waals surface area (Å²) in [6, 6.07) is 24.2. The number of aromatic nitrogens is 1. The average molecular weight is 334 g/mol. The largest absolute Gasteiger partial charge is 0.248 e. The Morgan fingerprint density at radius 3 is 2.25 bits per heavy atom. The SMILES string of the molecule is Fc1ccc(-c2cc(-c3ccccc3)c3cc(Cl)ccc3n2)cc1. The molecular weight excluding hydrogens is 321 g/mol. The summed E-state index contributed by atoms with van der Waals surface area (Å²) in [5.74, 6) is -0.255. The standard InChI is InChI=1S/C21H13ClFN/c22-16-8-11-20-19(12-16)18(14-4-2-1-3-5-14)13-21(24-20)15-6-9-17(23)10-7-15/h1-13H. The molecule has 3 aromatic carbocycles. The van der Waals surface area contributed by atoms with Gasteiger partial charge in [0.1, 0.15) is 5.82 Å². The molecule has 0 atom stereocenters. The van der Waals surface area contributed by atoms with Gasteiger partial charge < -0.3 is 0 Å². The number of fused-ring (bicyclic) bond motifs is 1. The van der Waals surface area contributed by atoms with E-state index in [2.05, 4.69) is 12.1 Å². The number of nitrogens with zero attached hydrogens (tertiary/aromatic N) is 1. The number of pyridine rings is 1. The van der Waals surface area contributed by atoms with Crippen molar-refractivity contribution in [1.82, 2.24) is 4.98 Å². The maximum Gasteiger partial charge on any atom is 0.123 e. The molecule has 0 N–H and O–H groups in total. The number of rotatable bonds is 2. The van der Waals surface area contributed by atoms with Gasteiger partial charge in [0, 0.05) is 16.0 Å². The number of halogens is 2. The lowest BCUT2D eigenvalue weighted by Crippen LogP contribution is -1.90. The zero-order chi connectivity index (χ0) is 16.5. The minimum absolute atomic E-state index is 0.255. The molecular formula is C21H13ClFN. The van der Waals surface area contributed by atoms with Crippen LogP contribution in [0.2, 0.25) is 5.02 Å². The molecule has 0 saturated heterocycles. The van der Waals surface area contributed by atoms with Gasteiger partial charge in [-0.3, -0.25) is 0 Å². The molecule has 24 heavy (non-hydrogen) atoms. The highest BCUT2D eigenvalue weighted by molar-refractivity contribution is 6.31. The molecule has 0 unspecified atom stereocenters. The normalized spacial score (nSPS) is 10.9. The van der Waals surface area contributed by atoms with Crippen LogP contribution in [0.15, 0.2) is 78.9 Å². The summed E-state index contributed by atoms with van der Waals surface area (Å²) in [7, 11) is 0. The highest BCUT2D eigenvalue weighted by Crippen LogP contribution is 2.33. The Kier molecular flexibility index (Phi) is 3.75. The van der Waals surface area contributed by atoms with Crippen LogP contribution in [0.3, 0.4) is 0 Å². The minimum atomic E-state index is -0.255. The Morgan fingerprint density at radius 2 is 1.50 bits per heavy atom. The third-order valence-corrected chi connectivity index (χ3v) is 4.23. The Bertz CT molecular complexity index is 1010. The van der Waals surface area contributed by atoms with E-state index in [-0.39, 0.29) is 5.82 Å². The lowest BCUT2D eigenvalue weighted by Gasteiger charge is -2.11. The van der Waals surface area contributed by atoms with Gasteiger partial charge in [-0.15, -0.1) is 0 Å². The molecule has 0 spiro atoms. The van der Waals surface area contributed by atoms with Crippen molar-refractivity contribution in [3.8, 4) is 22.4 Å². The topological polar surface area (TPSA) is 12.9 Å². The Hall–Kier alpha value is -2.71. The molecule has 0 fully saturated rings. The van der Waals surface area contributed by atoms with E-state index in [9.17, 15) is 4.39 Å². The van der Waals surface area contributed by atoms with Crippen molar-refractivity contribution in [2.24, 2.45) is 0 Å². The maximum absolute atomic E-state index is 13.2. The van der Waals surface area contributed by atoms with Crippen molar-refractivity contribution >= 4 is 22.5 Å². The zero-order valence-electron chi connectivity index (χ0n) is 12.7. The van der Waals surface area contributed by atoms with E-state index in [1.54, 1.807) is 12.1 Å². The second kappa shape index (κ2) is 6.06. The third kappa shape index (κ3) is 2.77. The molecule has 1 aromatic heterocycles. The van der Waals surface area contributed by atoms with E-state index in [1.807, 2.05) is 42.5 Å². The van der Waals surface area contributed by atoms with Crippen LogP contribution in [0.25, 0.3) is 33.3 Å². The molecule has 0 amide bonds. The summed E-state index contributed by atoms with van der Waals surface area (Å²) in [6.07, 6.45) is 0. The maximum atomic E-state index is 13.2. The van der Waals surface area contributed by atoms with Crippen LogP contribution in [0.4, 0.5) is 4.39 Å². The summed E-state index contributed by atoms with van der Waals surface area (Å²) in [5.41, 5.74) is 4.70. The Labute approximate surface area is 144 Å². The summed E-state index contributed by atoms with van der Waals surface area (Å²) < 4.78 is 13.2. The second-order valence-electron chi connectivity index (χ2n) is 5.59. The van der Waals surface area contributed by atoms with Crippen LogP contribution in [0.1, 0.15) is 0 Å².